The van der Waals surface area contributed by atoms with E-state index in [0.717, 1.165) is 11.6 Å². The molecule has 0 fully saturated rings. The molecule has 134 valence electrons. The van der Waals surface area contributed by atoms with Crippen LogP contribution in [0.25, 0.3) is 0 Å². The summed E-state index contributed by atoms with van der Waals surface area (Å²) >= 11 is 0. The van der Waals surface area contributed by atoms with E-state index in [0.29, 0.717) is 12.0 Å². The second-order valence-electron chi connectivity index (χ2n) is 6.42. The molecule has 0 bridgehead atoms. The van der Waals surface area contributed by atoms with Gasteiger partial charge in [-0.1, -0.05) is 50.2 Å². The van der Waals surface area contributed by atoms with Gasteiger partial charge >= 0.3 is 0 Å². The molecule has 2 aromatic carbocycles. The highest BCUT2D eigenvalue weighted by Crippen LogP contribution is 2.26. The van der Waals surface area contributed by atoms with E-state index < -0.39 is 21.0 Å². The molecular weight excluding hydrogens is 340 g/mol. The third-order valence-electron chi connectivity index (χ3n) is 3.88. The zero-order chi connectivity index (χ0) is 18.6. The van der Waals surface area contributed by atoms with Crippen molar-refractivity contribution >= 4 is 15.7 Å². The molecule has 0 radical (unpaired) electrons. The summed E-state index contributed by atoms with van der Waals surface area (Å²) in [5, 5.41) is 11.0. The molecule has 0 aliphatic rings. The fraction of sp³-hybridized carbons (Fsp3) is 0.333. The lowest BCUT2D eigenvalue weighted by atomic mass is 9.98. The molecule has 2 aromatic rings. The van der Waals surface area contributed by atoms with Gasteiger partial charge in [-0.25, -0.2) is 13.1 Å². The quantitative estimate of drug-likeness (QED) is 0.596. The van der Waals surface area contributed by atoms with Crippen LogP contribution in [-0.4, -0.2) is 13.3 Å². The van der Waals surface area contributed by atoms with Crippen molar-refractivity contribution < 1.29 is 13.3 Å². The van der Waals surface area contributed by atoms with Gasteiger partial charge in [0.25, 0.3) is 5.69 Å². The van der Waals surface area contributed by atoms with Gasteiger partial charge in [-0.05, 0) is 30.4 Å². The predicted molar refractivity (Wildman–Crippen MR) is 96.8 cm³/mol. The number of rotatable bonds is 7. The maximum atomic E-state index is 12.9. The molecule has 0 saturated heterocycles. The van der Waals surface area contributed by atoms with Crippen molar-refractivity contribution in [2.45, 2.75) is 38.1 Å². The number of sulfonamides is 1. The van der Waals surface area contributed by atoms with Crippen molar-refractivity contribution in [1.82, 2.24) is 4.72 Å². The highest BCUT2D eigenvalue weighted by molar-refractivity contribution is 7.89. The first-order chi connectivity index (χ1) is 11.7. The number of hydrogen-bond acceptors (Lipinski definition) is 4. The Hall–Kier alpha value is -2.25. The minimum Gasteiger partial charge on any atom is -0.258 e. The van der Waals surface area contributed by atoms with Crippen LogP contribution in [0.3, 0.4) is 0 Å². The van der Waals surface area contributed by atoms with Crippen LogP contribution in [0.1, 0.15) is 37.4 Å². The molecule has 0 saturated carbocycles. The number of benzene rings is 2. The van der Waals surface area contributed by atoms with E-state index in [1.807, 2.05) is 44.2 Å². The van der Waals surface area contributed by atoms with Crippen LogP contribution >= 0.6 is 0 Å². The smallest absolute Gasteiger partial charge is 0.258 e. The Bertz CT molecular complexity index is 849. The van der Waals surface area contributed by atoms with Crippen LogP contribution in [0.15, 0.2) is 53.4 Å². The summed E-state index contributed by atoms with van der Waals surface area (Å²) < 4.78 is 28.4. The number of hydrogen-bond donors (Lipinski definition) is 1. The average molecular weight is 362 g/mol. The first-order valence-corrected chi connectivity index (χ1v) is 9.51. The van der Waals surface area contributed by atoms with E-state index in [1.165, 1.54) is 12.1 Å². The summed E-state index contributed by atoms with van der Waals surface area (Å²) in [6.45, 7) is 5.66. The van der Waals surface area contributed by atoms with Gasteiger partial charge in [0.05, 0.1) is 9.82 Å². The minimum absolute atomic E-state index is 0.0635. The van der Waals surface area contributed by atoms with Crippen molar-refractivity contribution in [3.63, 3.8) is 0 Å². The Morgan fingerprint density at radius 2 is 1.76 bits per heavy atom. The Morgan fingerprint density at radius 1 is 1.12 bits per heavy atom. The van der Waals surface area contributed by atoms with Crippen molar-refractivity contribution in [2.75, 3.05) is 0 Å². The van der Waals surface area contributed by atoms with E-state index in [2.05, 4.69) is 4.72 Å². The predicted octanol–water partition coefficient (Wildman–Crippen LogP) is 3.97. The Balaban J connectivity index is 2.41. The highest BCUT2D eigenvalue weighted by Gasteiger charge is 2.25. The van der Waals surface area contributed by atoms with Gasteiger partial charge in [-0.3, -0.25) is 10.1 Å². The first-order valence-electron chi connectivity index (χ1n) is 8.03. The van der Waals surface area contributed by atoms with Crippen LogP contribution in [0, 0.1) is 23.0 Å². The molecular formula is C18H22N2O4S. The van der Waals surface area contributed by atoms with Crippen molar-refractivity contribution in [2.24, 2.45) is 5.92 Å². The molecule has 0 heterocycles. The van der Waals surface area contributed by atoms with Crippen LogP contribution in [-0.2, 0) is 10.0 Å². The first kappa shape index (κ1) is 19.1. The normalized spacial score (nSPS) is 13.0. The summed E-state index contributed by atoms with van der Waals surface area (Å²) in [4.78, 5) is 10.3. The van der Waals surface area contributed by atoms with Crippen molar-refractivity contribution in [3.05, 3.63) is 69.8 Å². The lowest BCUT2D eigenvalue weighted by Crippen LogP contribution is -2.30. The summed E-state index contributed by atoms with van der Waals surface area (Å²) in [7, 11) is -3.89. The maximum absolute atomic E-state index is 12.9. The molecule has 0 aliphatic carbocycles. The molecule has 0 aliphatic heterocycles. The molecule has 1 atom stereocenters. The third-order valence-corrected chi connectivity index (χ3v) is 5.49. The largest absolute Gasteiger partial charge is 0.270 e. The molecule has 0 unspecified atom stereocenters. The molecule has 25 heavy (non-hydrogen) atoms. The molecule has 0 aromatic heterocycles. The monoisotopic (exact) mass is 362 g/mol. The maximum Gasteiger partial charge on any atom is 0.270 e. The number of aryl methyl sites for hydroxylation is 1. The lowest BCUT2D eigenvalue weighted by molar-refractivity contribution is -0.385. The number of non-ortho nitro benzene ring substituents is 1. The molecule has 0 spiro atoms. The van der Waals surface area contributed by atoms with Crippen LogP contribution < -0.4 is 4.72 Å². The third kappa shape index (κ3) is 4.87. The zero-order valence-corrected chi connectivity index (χ0v) is 15.3. The SMILES string of the molecule is Cc1ccc([N+](=O)[O-])cc1S(=O)(=O)N[C@H](CC(C)C)c1ccccc1. The second-order valence-corrected chi connectivity index (χ2v) is 8.10. The Kier molecular flexibility index (Phi) is 5.92. The topological polar surface area (TPSA) is 89.3 Å². The van der Waals surface area contributed by atoms with Crippen LogP contribution in [0.5, 0.6) is 0 Å². The van der Waals surface area contributed by atoms with Gasteiger partial charge in [-0.2, -0.15) is 0 Å². The fourth-order valence-corrected chi connectivity index (χ4v) is 4.15. The number of nitro groups is 1. The lowest BCUT2D eigenvalue weighted by Gasteiger charge is -2.21. The van der Waals surface area contributed by atoms with Gasteiger partial charge < -0.3 is 0 Å². The van der Waals surface area contributed by atoms with Gasteiger partial charge in [0.1, 0.15) is 0 Å². The number of nitrogens with one attached hydrogen (secondary N) is 1. The van der Waals surface area contributed by atoms with E-state index in [4.69, 9.17) is 0 Å². The highest BCUT2D eigenvalue weighted by atomic mass is 32.2. The summed E-state index contributed by atoms with van der Waals surface area (Å²) in [6.07, 6.45) is 0.622. The Labute approximate surface area is 148 Å². The second kappa shape index (κ2) is 7.76. The van der Waals surface area contributed by atoms with Crippen molar-refractivity contribution in [1.29, 1.82) is 0 Å². The van der Waals surface area contributed by atoms with Gasteiger partial charge in [0.15, 0.2) is 0 Å². The minimum atomic E-state index is -3.89. The Morgan fingerprint density at radius 3 is 2.32 bits per heavy atom. The average Bonchev–Trinajstić information content (AvgIpc) is 2.54. The standard InChI is InChI=1S/C18H22N2O4S/c1-13(2)11-17(15-7-5-4-6-8-15)19-25(23,24)18-12-16(20(21)22)10-9-14(18)3/h4-10,12-13,17,19H,11H2,1-3H3/t17-/m1/s1. The van der Waals surface area contributed by atoms with E-state index in [9.17, 15) is 18.5 Å². The number of nitrogens with zero attached hydrogens (tertiary/aromatic N) is 1. The summed E-state index contributed by atoms with van der Waals surface area (Å²) in [5.41, 5.74) is 1.09. The molecule has 0 amide bonds. The van der Waals surface area contributed by atoms with E-state index in [1.54, 1.807) is 6.92 Å². The summed E-state index contributed by atoms with van der Waals surface area (Å²) in [6, 6.07) is 12.8. The van der Waals surface area contributed by atoms with Gasteiger partial charge in [-0.15, -0.1) is 0 Å². The van der Waals surface area contributed by atoms with E-state index in [-0.39, 0.29) is 16.5 Å². The molecule has 6 nitrogen and oxygen atoms in total. The zero-order valence-electron chi connectivity index (χ0n) is 14.5. The molecule has 2 rings (SSSR count). The molecule has 1 N–H and O–H groups in total. The van der Waals surface area contributed by atoms with E-state index >= 15 is 0 Å². The van der Waals surface area contributed by atoms with Crippen molar-refractivity contribution in [3.8, 4) is 0 Å². The number of nitro benzene ring substituents is 1. The fourth-order valence-electron chi connectivity index (χ4n) is 2.65. The summed E-state index contributed by atoms with van der Waals surface area (Å²) in [5.74, 6) is 0.277. The van der Waals surface area contributed by atoms with Gasteiger partial charge in [0, 0.05) is 18.2 Å². The van der Waals surface area contributed by atoms with Crippen LogP contribution in [0.2, 0.25) is 0 Å². The van der Waals surface area contributed by atoms with Gasteiger partial charge in [0.2, 0.25) is 10.0 Å². The van der Waals surface area contributed by atoms with Crippen LogP contribution in [0.4, 0.5) is 5.69 Å². The molecule has 7 heteroatoms.